The lowest BCUT2D eigenvalue weighted by Crippen LogP contribution is -2.34. The van der Waals surface area contributed by atoms with E-state index in [2.05, 4.69) is 9.98 Å². The van der Waals surface area contributed by atoms with E-state index in [9.17, 15) is 14.9 Å². The van der Waals surface area contributed by atoms with Crippen LogP contribution < -0.4 is 0 Å². The Hall–Kier alpha value is -3.86. The van der Waals surface area contributed by atoms with E-state index in [0.29, 0.717) is 17.0 Å². The van der Waals surface area contributed by atoms with Gasteiger partial charge in [-0.3, -0.25) is 24.9 Å². The number of hydrogen-bond donors (Lipinski definition) is 0. The molecule has 2 unspecified atom stereocenters. The van der Waals surface area contributed by atoms with E-state index in [1.807, 2.05) is 19.1 Å². The topological polar surface area (TPSA) is 118 Å². The van der Waals surface area contributed by atoms with E-state index in [1.165, 1.54) is 12.1 Å². The van der Waals surface area contributed by atoms with Gasteiger partial charge in [-0.15, -0.1) is 0 Å². The number of aliphatic imine (C=N–C) groups is 1. The van der Waals surface area contributed by atoms with Crippen molar-refractivity contribution in [3.8, 4) is 6.07 Å². The Morgan fingerprint density at radius 2 is 2.10 bits per heavy atom. The van der Waals surface area contributed by atoms with Gasteiger partial charge in [-0.1, -0.05) is 18.2 Å². The van der Waals surface area contributed by atoms with Crippen LogP contribution in [-0.2, 0) is 9.53 Å². The van der Waals surface area contributed by atoms with E-state index in [4.69, 9.17) is 10.00 Å². The Kier molecular flexibility index (Phi) is 6.32. The number of aromatic nitrogens is 1. The number of nitro groups is 1. The third-order valence-corrected chi connectivity index (χ3v) is 4.95. The van der Waals surface area contributed by atoms with E-state index in [0.717, 1.165) is 11.1 Å². The second-order valence-electron chi connectivity index (χ2n) is 6.88. The number of pyridine rings is 1. The molecule has 0 N–H and O–H groups in total. The number of carbonyl (C=O) groups is 1. The molecule has 1 aliphatic rings. The highest BCUT2D eigenvalue weighted by Crippen LogP contribution is 2.44. The van der Waals surface area contributed by atoms with E-state index < -0.39 is 22.7 Å². The van der Waals surface area contributed by atoms with Gasteiger partial charge in [-0.05, 0) is 36.6 Å². The summed E-state index contributed by atoms with van der Waals surface area (Å²) >= 11 is 0. The van der Waals surface area contributed by atoms with Crippen molar-refractivity contribution in [2.75, 3.05) is 6.61 Å². The minimum absolute atomic E-state index is 0.0221. The summed E-state index contributed by atoms with van der Waals surface area (Å²) in [7, 11) is 0. The first-order valence-corrected chi connectivity index (χ1v) is 9.38. The van der Waals surface area contributed by atoms with E-state index >= 15 is 0 Å². The number of carbonyl (C=O) groups excluding carboxylic acids is 1. The van der Waals surface area contributed by atoms with Crippen molar-refractivity contribution in [2.45, 2.75) is 26.2 Å². The number of ether oxygens (including phenoxy) is 1. The summed E-state index contributed by atoms with van der Waals surface area (Å²) < 4.78 is 5.33. The lowest BCUT2D eigenvalue weighted by molar-refractivity contribution is -0.384. The fourth-order valence-corrected chi connectivity index (χ4v) is 3.72. The molecule has 152 valence electrons. The maximum Gasteiger partial charge on any atom is 0.315 e. The van der Waals surface area contributed by atoms with Gasteiger partial charge in [-0.25, -0.2) is 0 Å². The SMILES string of the molecule is CC1=NC(C)=C(c2cccnc2)C(c2cccc([N+](=O)[O-])c2)C1C(=O)OCCC#N. The van der Waals surface area contributed by atoms with Gasteiger partial charge >= 0.3 is 5.97 Å². The minimum Gasteiger partial charge on any atom is -0.464 e. The number of nitriles is 1. The van der Waals surface area contributed by atoms with Gasteiger partial charge in [0.2, 0.25) is 0 Å². The summed E-state index contributed by atoms with van der Waals surface area (Å²) in [4.78, 5) is 32.6. The molecule has 2 atom stereocenters. The highest BCUT2D eigenvalue weighted by Gasteiger charge is 2.40. The smallest absolute Gasteiger partial charge is 0.315 e. The van der Waals surface area contributed by atoms with Crippen LogP contribution in [0.2, 0.25) is 0 Å². The number of nitro benzene ring substituents is 1. The van der Waals surface area contributed by atoms with Gasteiger partial charge in [0.1, 0.15) is 12.5 Å². The molecule has 1 aliphatic heterocycles. The summed E-state index contributed by atoms with van der Waals surface area (Å²) in [5.41, 5.74) is 3.34. The summed E-state index contributed by atoms with van der Waals surface area (Å²) in [6.07, 6.45) is 3.41. The average Bonchev–Trinajstić information content (AvgIpc) is 2.74. The lowest BCUT2D eigenvalue weighted by Gasteiger charge is -2.32. The zero-order valence-corrected chi connectivity index (χ0v) is 16.6. The molecular formula is C22H20N4O4. The molecule has 1 aromatic carbocycles. The molecule has 0 aliphatic carbocycles. The number of esters is 1. The second-order valence-corrected chi connectivity index (χ2v) is 6.88. The molecule has 1 aromatic heterocycles. The van der Waals surface area contributed by atoms with Gasteiger partial charge in [-0.2, -0.15) is 5.26 Å². The maximum atomic E-state index is 13.0. The molecule has 2 aromatic rings. The van der Waals surface area contributed by atoms with Crippen LogP contribution in [-0.4, -0.2) is 28.2 Å². The van der Waals surface area contributed by atoms with E-state index in [1.54, 1.807) is 37.5 Å². The molecule has 30 heavy (non-hydrogen) atoms. The Bertz CT molecular complexity index is 1070. The lowest BCUT2D eigenvalue weighted by atomic mass is 9.73. The molecular weight excluding hydrogens is 384 g/mol. The summed E-state index contributed by atoms with van der Waals surface area (Å²) in [6, 6.07) is 11.8. The molecule has 3 rings (SSSR count). The van der Waals surface area contributed by atoms with Gasteiger partial charge in [0.05, 0.1) is 17.4 Å². The van der Waals surface area contributed by atoms with Gasteiger partial charge < -0.3 is 4.74 Å². The number of benzene rings is 1. The zero-order chi connectivity index (χ0) is 21.7. The van der Waals surface area contributed by atoms with Crippen molar-refractivity contribution in [1.82, 2.24) is 4.98 Å². The quantitative estimate of drug-likeness (QED) is 0.310. The highest BCUT2D eigenvalue weighted by molar-refractivity contribution is 6.06. The molecule has 0 bridgehead atoms. The number of nitrogens with zero attached hydrogens (tertiary/aromatic N) is 4. The second kappa shape index (κ2) is 9.09. The number of rotatable bonds is 6. The average molecular weight is 404 g/mol. The molecule has 8 nitrogen and oxygen atoms in total. The van der Waals surface area contributed by atoms with Crippen molar-refractivity contribution in [3.05, 3.63) is 75.7 Å². The van der Waals surface area contributed by atoms with Crippen molar-refractivity contribution >= 4 is 22.9 Å². The predicted molar refractivity (Wildman–Crippen MR) is 110 cm³/mol. The fraction of sp³-hybridized carbons (Fsp3) is 0.273. The first-order valence-electron chi connectivity index (χ1n) is 9.38. The Labute approximate surface area is 173 Å². The predicted octanol–water partition coefficient (Wildman–Crippen LogP) is 4.05. The van der Waals surface area contributed by atoms with Crippen LogP contribution in [0.5, 0.6) is 0 Å². The van der Waals surface area contributed by atoms with Crippen LogP contribution in [0.25, 0.3) is 5.57 Å². The van der Waals surface area contributed by atoms with Crippen LogP contribution in [0.15, 0.2) is 59.5 Å². The third-order valence-electron chi connectivity index (χ3n) is 4.95. The first-order chi connectivity index (χ1) is 14.4. The summed E-state index contributed by atoms with van der Waals surface area (Å²) in [6.45, 7) is 3.56. The molecule has 2 heterocycles. The van der Waals surface area contributed by atoms with Crippen LogP contribution in [0.1, 0.15) is 37.3 Å². The van der Waals surface area contributed by atoms with Crippen LogP contribution in [0, 0.1) is 27.4 Å². The molecule has 0 amide bonds. The van der Waals surface area contributed by atoms with Gasteiger partial charge in [0.25, 0.3) is 5.69 Å². The van der Waals surface area contributed by atoms with Crippen molar-refractivity contribution in [3.63, 3.8) is 0 Å². The van der Waals surface area contributed by atoms with E-state index in [-0.39, 0.29) is 18.7 Å². The molecule has 0 saturated heterocycles. The number of allylic oxidation sites excluding steroid dienone is 2. The minimum atomic E-state index is -0.774. The molecule has 0 fully saturated rings. The molecule has 0 saturated carbocycles. The van der Waals surface area contributed by atoms with Crippen molar-refractivity contribution in [2.24, 2.45) is 10.9 Å². The largest absolute Gasteiger partial charge is 0.464 e. The Morgan fingerprint density at radius 3 is 2.77 bits per heavy atom. The van der Waals surface area contributed by atoms with Gasteiger partial charge in [0, 0.05) is 41.9 Å². The monoisotopic (exact) mass is 404 g/mol. The van der Waals surface area contributed by atoms with Crippen LogP contribution >= 0.6 is 0 Å². The molecule has 0 radical (unpaired) electrons. The summed E-state index contributed by atoms with van der Waals surface area (Å²) in [5, 5.41) is 20.1. The van der Waals surface area contributed by atoms with Crippen LogP contribution in [0.4, 0.5) is 5.69 Å². The van der Waals surface area contributed by atoms with Crippen LogP contribution in [0.3, 0.4) is 0 Å². The maximum absolute atomic E-state index is 13.0. The van der Waals surface area contributed by atoms with Crippen molar-refractivity contribution < 1.29 is 14.5 Å². The molecule has 0 spiro atoms. The Morgan fingerprint density at radius 1 is 1.30 bits per heavy atom. The Balaban J connectivity index is 2.16. The number of hydrogen-bond acceptors (Lipinski definition) is 7. The summed E-state index contributed by atoms with van der Waals surface area (Å²) in [5.74, 6) is -1.83. The normalized spacial score (nSPS) is 18.4. The first kappa shape index (κ1) is 20.9. The third kappa shape index (κ3) is 4.25. The number of non-ortho nitro benzene ring substituents is 1. The highest BCUT2D eigenvalue weighted by atomic mass is 16.6. The van der Waals surface area contributed by atoms with Gasteiger partial charge in [0.15, 0.2) is 0 Å². The zero-order valence-electron chi connectivity index (χ0n) is 16.6. The molecule has 8 heteroatoms. The van der Waals surface area contributed by atoms with Crippen molar-refractivity contribution in [1.29, 1.82) is 5.26 Å². The fourth-order valence-electron chi connectivity index (χ4n) is 3.72. The standard InChI is InChI=1S/C22H20N4O4/c1-14-19(17-7-4-10-24-13-17)21(16-6-3-8-18(12-16)26(28)29)20(15(2)25-14)22(27)30-11-5-9-23/h3-4,6-8,10,12-13,20-21H,5,11H2,1-2H3.